The highest BCUT2D eigenvalue weighted by Gasteiger charge is 2.25. The van der Waals surface area contributed by atoms with Gasteiger partial charge in [0.2, 0.25) is 0 Å². The van der Waals surface area contributed by atoms with Crippen LogP contribution >= 0.6 is 0 Å². The maximum absolute atomic E-state index is 12.8. The van der Waals surface area contributed by atoms with E-state index in [9.17, 15) is 10.2 Å². The van der Waals surface area contributed by atoms with Gasteiger partial charge < -0.3 is 10.2 Å². The molecule has 12 rings (SSSR count). The molecule has 2 nitrogen and oxygen atoms in total. The molecule has 0 aliphatic heterocycles. The molecule has 54 heavy (non-hydrogen) atoms. The average Bonchev–Trinajstić information content (AvgIpc) is 3.22. The molecule has 0 saturated carbocycles. The molecule has 0 unspecified atom stereocenters. The monoisotopic (exact) mass is 686 g/mol. The van der Waals surface area contributed by atoms with Gasteiger partial charge in [0.1, 0.15) is 11.5 Å². The van der Waals surface area contributed by atoms with Gasteiger partial charge >= 0.3 is 0 Å². The normalized spacial score (nSPS) is 12.2. The van der Waals surface area contributed by atoms with Crippen LogP contribution in [0.4, 0.5) is 0 Å². The Morgan fingerprint density at radius 3 is 1.00 bits per heavy atom. The van der Waals surface area contributed by atoms with Crippen molar-refractivity contribution in [2.45, 2.75) is 0 Å². The highest BCUT2D eigenvalue weighted by Crippen LogP contribution is 2.53. The zero-order chi connectivity index (χ0) is 35.7. The van der Waals surface area contributed by atoms with E-state index >= 15 is 0 Å². The first-order valence-corrected chi connectivity index (χ1v) is 18.5. The summed E-state index contributed by atoms with van der Waals surface area (Å²) in [4.78, 5) is 0. The van der Waals surface area contributed by atoms with Crippen molar-refractivity contribution < 1.29 is 10.2 Å². The molecule has 0 spiro atoms. The minimum Gasteiger partial charge on any atom is -0.507 e. The molecule has 0 radical (unpaired) electrons. The molecule has 2 N–H and O–H groups in total. The highest BCUT2D eigenvalue weighted by atomic mass is 16.3. The first kappa shape index (κ1) is 29.4. The summed E-state index contributed by atoms with van der Waals surface area (Å²) in [6.45, 7) is 0. The number of phenolic OH excluding ortho intramolecular Hbond substituents is 2. The number of aromatic hydroxyl groups is 2. The van der Waals surface area contributed by atoms with E-state index in [0.29, 0.717) is 11.1 Å². The molecule has 0 aliphatic rings. The van der Waals surface area contributed by atoms with Crippen molar-refractivity contribution in [3.05, 3.63) is 170 Å². The molecular formula is C52H30O2. The fraction of sp³-hybridized carbons (Fsp3) is 0. The Labute approximate surface area is 310 Å². The lowest BCUT2D eigenvalue weighted by atomic mass is 9.84. The predicted octanol–water partition coefficient (Wildman–Crippen LogP) is 14.2. The molecule has 0 bridgehead atoms. The molecule has 0 heterocycles. The minimum absolute atomic E-state index is 0.150. The molecular weight excluding hydrogens is 657 g/mol. The SMILES string of the molecule is Oc1c(-c2ccc3ccc4cccc5ccc2c3c45)cc2ccccc2c1-c1c(O)c(-c2ccc3ccc4cccc5ccc2c3c45)cc2ccccc12. The number of fused-ring (bicyclic) bond motifs is 2. The summed E-state index contributed by atoms with van der Waals surface area (Å²) in [5.74, 6) is 0.299. The van der Waals surface area contributed by atoms with Gasteiger partial charge in [-0.05, 0) is 109 Å². The molecule has 0 saturated heterocycles. The van der Waals surface area contributed by atoms with Gasteiger partial charge in [0.15, 0.2) is 0 Å². The molecule has 0 aliphatic carbocycles. The second kappa shape index (κ2) is 10.7. The second-order valence-corrected chi connectivity index (χ2v) is 14.7. The van der Waals surface area contributed by atoms with Crippen LogP contribution in [0.2, 0.25) is 0 Å². The standard InChI is InChI=1S/C52H30O2/c53-51-43(39-23-19-33-17-15-29-9-5-11-31-21-25-41(39)47(33)45(29)31)27-35-7-1-3-13-37(35)49(51)50-38-14-4-2-8-36(38)28-44(52(50)54)40-24-20-34-18-16-30-10-6-12-32-22-26-42(40)48(34)46(30)32/h1-28,53-54H. The van der Waals surface area contributed by atoms with Gasteiger partial charge in [0, 0.05) is 22.3 Å². The first-order chi connectivity index (χ1) is 26.6. The lowest BCUT2D eigenvalue weighted by molar-refractivity contribution is 0.472. The smallest absolute Gasteiger partial charge is 0.132 e. The third-order valence-corrected chi connectivity index (χ3v) is 11.9. The maximum atomic E-state index is 12.8. The van der Waals surface area contributed by atoms with Crippen LogP contribution in [-0.2, 0) is 0 Å². The third-order valence-electron chi connectivity index (χ3n) is 11.9. The molecule has 0 aromatic heterocycles. The van der Waals surface area contributed by atoms with E-state index in [1.54, 1.807) is 0 Å². The van der Waals surface area contributed by atoms with Crippen LogP contribution in [0.5, 0.6) is 11.5 Å². The van der Waals surface area contributed by atoms with Crippen LogP contribution in [0.3, 0.4) is 0 Å². The van der Waals surface area contributed by atoms with Crippen molar-refractivity contribution >= 4 is 86.2 Å². The fourth-order valence-corrected chi connectivity index (χ4v) is 9.53. The van der Waals surface area contributed by atoms with E-state index in [0.717, 1.165) is 54.6 Å². The maximum Gasteiger partial charge on any atom is 0.132 e. The molecule has 12 aromatic rings. The summed E-state index contributed by atoms with van der Waals surface area (Å²) in [6, 6.07) is 59.6. The van der Waals surface area contributed by atoms with Crippen molar-refractivity contribution in [2.75, 3.05) is 0 Å². The van der Waals surface area contributed by atoms with Crippen molar-refractivity contribution in [3.8, 4) is 44.9 Å². The van der Waals surface area contributed by atoms with Gasteiger partial charge in [-0.25, -0.2) is 0 Å². The van der Waals surface area contributed by atoms with Gasteiger partial charge in [-0.3, -0.25) is 0 Å². The Kier molecular flexibility index (Phi) is 5.83. The number of hydrogen-bond acceptors (Lipinski definition) is 2. The predicted molar refractivity (Wildman–Crippen MR) is 228 cm³/mol. The van der Waals surface area contributed by atoms with E-state index < -0.39 is 0 Å². The van der Waals surface area contributed by atoms with Gasteiger partial charge in [-0.15, -0.1) is 0 Å². The van der Waals surface area contributed by atoms with Gasteiger partial charge in [0.25, 0.3) is 0 Å². The van der Waals surface area contributed by atoms with Crippen molar-refractivity contribution in [2.24, 2.45) is 0 Å². The molecule has 12 aromatic carbocycles. The molecule has 250 valence electrons. The molecule has 2 heteroatoms. The first-order valence-electron chi connectivity index (χ1n) is 18.5. The molecule has 0 amide bonds. The van der Waals surface area contributed by atoms with Crippen LogP contribution in [0.25, 0.3) is 120 Å². The van der Waals surface area contributed by atoms with Crippen LogP contribution in [0.15, 0.2) is 170 Å². The lowest BCUT2D eigenvalue weighted by Gasteiger charge is -2.21. The van der Waals surface area contributed by atoms with Crippen molar-refractivity contribution in [1.29, 1.82) is 0 Å². The Morgan fingerprint density at radius 1 is 0.241 bits per heavy atom. The van der Waals surface area contributed by atoms with Crippen LogP contribution in [0.1, 0.15) is 0 Å². The van der Waals surface area contributed by atoms with E-state index in [4.69, 9.17) is 0 Å². The number of rotatable bonds is 3. The highest BCUT2D eigenvalue weighted by molar-refractivity contribution is 6.28. The zero-order valence-corrected chi connectivity index (χ0v) is 29.1. The summed E-state index contributed by atoms with van der Waals surface area (Å²) in [5, 5.41) is 43.5. The van der Waals surface area contributed by atoms with Crippen LogP contribution in [-0.4, -0.2) is 10.2 Å². The Bertz CT molecular complexity index is 3250. The molecule has 0 fully saturated rings. The Hall–Kier alpha value is -7.16. The number of hydrogen-bond donors (Lipinski definition) is 2. The van der Waals surface area contributed by atoms with Gasteiger partial charge in [-0.1, -0.05) is 158 Å². The average molecular weight is 687 g/mol. The molecule has 0 atom stereocenters. The quantitative estimate of drug-likeness (QED) is 0.182. The Balaban J connectivity index is 1.19. The third kappa shape index (κ3) is 3.89. The van der Waals surface area contributed by atoms with Crippen LogP contribution < -0.4 is 0 Å². The van der Waals surface area contributed by atoms with E-state index in [-0.39, 0.29) is 11.5 Å². The zero-order valence-electron chi connectivity index (χ0n) is 29.1. The minimum atomic E-state index is 0.150. The topological polar surface area (TPSA) is 40.5 Å². The number of phenols is 2. The van der Waals surface area contributed by atoms with Gasteiger partial charge in [-0.2, -0.15) is 0 Å². The van der Waals surface area contributed by atoms with Crippen LogP contribution in [0, 0.1) is 0 Å². The van der Waals surface area contributed by atoms with E-state index in [1.165, 1.54) is 53.9 Å². The second-order valence-electron chi connectivity index (χ2n) is 14.7. The fourth-order valence-electron chi connectivity index (χ4n) is 9.53. The van der Waals surface area contributed by atoms with Crippen molar-refractivity contribution in [1.82, 2.24) is 0 Å². The summed E-state index contributed by atoms with van der Waals surface area (Å²) in [7, 11) is 0. The van der Waals surface area contributed by atoms with Crippen molar-refractivity contribution in [3.63, 3.8) is 0 Å². The Morgan fingerprint density at radius 2 is 0.574 bits per heavy atom. The summed E-state index contributed by atoms with van der Waals surface area (Å²) < 4.78 is 0. The lowest BCUT2D eigenvalue weighted by Crippen LogP contribution is -1.94. The summed E-state index contributed by atoms with van der Waals surface area (Å²) in [6.07, 6.45) is 0. The summed E-state index contributed by atoms with van der Waals surface area (Å²) in [5.41, 5.74) is 4.63. The van der Waals surface area contributed by atoms with E-state index in [1.807, 2.05) is 24.3 Å². The van der Waals surface area contributed by atoms with E-state index in [2.05, 4.69) is 146 Å². The number of benzene rings is 12. The largest absolute Gasteiger partial charge is 0.507 e. The van der Waals surface area contributed by atoms with Gasteiger partial charge in [0.05, 0.1) is 0 Å². The summed E-state index contributed by atoms with van der Waals surface area (Å²) >= 11 is 0.